The third-order valence-electron chi connectivity index (χ3n) is 9.80. The molecule has 0 rings (SSSR count). The molecule has 1 atom stereocenters. The average molecular weight is 821 g/mol. The van der Waals surface area contributed by atoms with Crippen molar-refractivity contribution in [2.24, 2.45) is 0 Å². The molecule has 0 aliphatic rings. The Kier molecular flexibility index (Phi) is 41.6. The van der Waals surface area contributed by atoms with Gasteiger partial charge in [0.05, 0.1) is 6.61 Å². The summed E-state index contributed by atoms with van der Waals surface area (Å²) in [7, 11) is -4.77. The molecule has 0 saturated heterocycles. The van der Waals surface area contributed by atoms with Crippen LogP contribution in [0.2, 0.25) is 0 Å². The zero-order valence-corrected chi connectivity index (χ0v) is 37.4. The molecule has 0 unspecified atom stereocenters. The van der Waals surface area contributed by atoms with Gasteiger partial charge < -0.3 is 19.3 Å². The Morgan fingerprint density at radius 2 is 0.825 bits per heavy atom. The van der Waals surface area contributed by atoms with Crippen LogP contribution in [-0.4, -0.2) is 41.0 Å². The number of carbonyl (C=O) groups is 2. The second-order valence-corrected chi connectivity index (χ2v) is 16.6. The number of allylic oxidation sites excluding steroid dienone is 10. The molecule has 0 aromatic carbocycles. The minimum Gasteiger partial charge on any atom is -0.462 e. The van der Waals surface area contributed by atoms with E-state index in [9.17, 15) is 14.2 Å². The topological polar surface area (TPSA) is 119 Å². The van der Waals surface area contributed by atoms with Crippen molar-refractivity contribution in [1.29, 1.82) is 0 Å². The van der Waals surface area contributed by atoms with E-state index < -0.39 is 32.5 Å². The second-order valence-electron chi connectivity index (χ2n) is 15.4. The number of esters is 2. The number of phosphoric ester groups is 1. The maximum atomic E-state index is 12.4. The summed E-state index contributed by atoms with van der Waals surface area (Å²) in [5.74, 6) is -0.976. The molecule has 0 radical (unpaired) electrons. The van der Waals surface area contributed by atoms with Crippen LogP contribution in [0.15, 0.2) is 60.8 Å². The summed E-state index contributed by atoms with van der Waals surface area (Å²) in [4.78, 5) is 42.9. The molecule has 0 bridgehead atoms. The number of unbranched alkanes of at least 4 members (excludes halogenated alkanes) is 22. The Labute approximate surface area is 349 Å². The van der Waals surface area contributed by atoms with Crippen LogP contribution in [0.5, 0.6) is 0 Å². The summed E-state index contributed by atoms with van der Waals surface area (Å²) in [6.07, 6.45) is 55.3. The highest BCUT2D eigenvalue weighted by atomic mass is 31.2. The van der Waals surface area contributed by atoms with Gasteiger partial charge in [-0.2, -0.15) is 0 Å². The quantitative estimate of drug-likeness (QED) is 0.0270. The monoisotopic (exact) mass is 821 g/mol. The van der Waals surface area contributed by atoms with Crippen molar-refractivity contribution in [3.05, 3.63) is 60.8 Å². The Morgan fingerprint density at radius 1 is 0.456 bits per heavy atom. The number of hydrogen-bond donors (Lipinski definition) is 2. The van der Waals surface area contributed by atoms with Crippen LogP contribution in [0.4, 0.5) is 0 Å². The zero-order valence-electron chi connectivity index (χ0n) is 36.5. The molecule has 330 valence electrons. The summed E-state index contributed by atoms with van der Waals surface area (Å²) in [5, 5.41) is 0. The van der Waals surface area contributed by atoms with Crippen LogP contribution >= 0.6 is 7.82 Å². The summed E-state index contributed by atoms with van der Waals surface area (Å²) < 4.78 is 26.4. The fourth-order valence-corrected chi connectivity index (χ4v) is 6.72. The van der Waals surface area contributed by atoms with E-state index in [1.807, 2.05) is 12.2 Å². The molecule has 0 aromatic rings. The lowest BCUT2D eigenvalue weighted by Crippen LogP contribution is -2.29. The summed E-state index contributed by atoms with van der Waals surface area (Å²) in [6, 6.07) is 0. The highest BCUT2D eigenvalue weighted by molar-refractivity contribution is 7.46. The third kappa shape index (κ3) is 46.3. The fraction of sp³-hybridized carbons (Fsp3) is 0.750. The third-order valence-corrected chi connectivity index (χ3v) is 10.3. The highest BCUT2D eigenvalue weighted by Gasteiger charge is 2.22. The van der Waals surface area contributed by atoms with Gasteiger partial charge in [-0.15, -0.1) is 0 Å². The molecular weight excluding hydrogens is 735 g/mol. The lowest BCUT2D eigenvalue weighted by atomic mass is 10.0. The number of hydrogen-bond acceptors (Lipinski definition) is 6. The lowest BCUT2D eigenvalue weighted by molar-refractivity contribution is -0.161. The van der Waals surface area contributed by atoms with Crippen LogP contribution in [0.3, 0.4) is 0 Å². The van der Waals surface area contributed by atoms with Crippen LogP contribution in [0, 0.1) is 0 Å². The van der Waals surface area contributed by atoms with Gasteiger partial charge in [0.2, 0.25) is 0 Å². The second kappa shape index (κ2) is 43.3. The summed E-state index contributed by atoms with van der Waals surface area (Å²) in [5.41, 5.74) is 0. The number of rotatable bonds is 42. The molecule has 8 nitrogen and oxygen atoms in total. The van der Waals surface area contributed by atoms with Gasteiger partial charge in [-0.25, -0.2) is 4.57 Å². The van der Waals surface area contributed by atoms with Gasteiger partial charge in [0.15, 0.2) is 6.10 Å². The van der Waals surface area contributed by atoms with Crippen molar-refractivity contribution in [2.75, 3.05) is 13.2 Å². The first-order chi connectivity index (χ1) is 27.8. The number of carbonyl (C=O) groups excluding carboxylic acids is 2. The Morgan fingerprint density at radius 3 is 1.25 bits per heavy atom. The molecule has 2 N–H and O–H groups in total. The smallest absolute Gasteiger partial charge is 0.462 e. The fourth-order valence-electron chi connectivity index (χ4n) is 6.36. The van der Waals surface area contributed by atoms with Gasteiger partial charge in [-0.05, 0) is 51.4 Å². The molecule has 0 saturated carbocycles. The largest absolute Gasteiger partial charge is 0.469 e. The van der Waals surface area contributed by atoms with Crippen molar-refractivity contribution in [2.45, 2.75) is 219 Å². The Bertz CT molecular complexity index is 1110. The predicted molar refractivity (Wildman–Crippen MR) is 239 cm³/mol. The van der Waals surface area contributed by atoms with Crippen LogP contribution in [0.25, 0.3) is 0 Å². The first kappa shape index (κ1) is 54.8. The molecule has 0 amide bonds. The van der Waals surface area contributed by atoms with Gasteiger partial charge >= 0.3 is 19.8 Å². The summed E-state index contributed by atoms with van der Waals surface area (Å²) >= 11 is 0. The molecule has 9 heteroatoms. The van der Waals surface area contributed by atoms with Crippen molar-refractivity contribution >= 4 is 19.8 Å². The minimum absolute atomic E-state index is 0.143. The maximum Gasteiger partial charge on any atom is 0.469 e. The van der Waals surface area contributed by atoms with Gasteiger partial charge in [0, 0.05) is 12.8 Å². The van der Waals surface area contributed by atoms with E-state index in [1.165, 1.54) is 128 Å². The van der Waals surface area contributed by atoms with Gasteiger partial charge in [0.25, 0.3) is 0 Å². The van der Waals surface area contributed by atoms with E-state index in [4.69, 9.17) is 19.3 Å². The molecule has 57 heavy (non-hydrogen) atoms. The highest BCUT2D eigenvalue weighted by Crippen LogP contribution is 2.36. The standard InChI is InChI=1S/C48H85O8P/c1-3-5-7-9-11-13-15-17-19-21-23-25-27-29-31-33-35-37-39-41-43-48(50)56-46(45-55-57(51,52)53)44-54-47(49)42-40-38-36-34-32-30-28-26-24-22-20-18-16-14-12-10-8-6-4-2/h12,14,18,20,24,26,30,32,36,38,46H,3-11,13,15-17,19,21-23,25,27-29,31,33-35,37,39-45H2,1-2H3,(H2,51,52,53)/b14-12+,20-18+,26-24+,32-30+,38-36+/t46-/m1/s1. The van der Waals surface area contributed by atoms with Crippen molar-refractivity contribution in [3.8, 4) is 0 Å². The Balaban J connectivity index is 3.97. The normalized spacial score (nSPS) is 13.0. The van der Waals surface area contributed by atoms with Crippen molar-refractivity contribution in [1.82, 2.24) is 0 Å². The van der Waals surface area contributed by atoms with Gasteiger partial charge in [0.1, 0.15) is 6.61 Å². The first-order valence-electron chi connectivity index (χ1n) is 23.1. The molecule has 0 spiro atoms. The predicted octanol–water partition coefficient (Wildman–Crippen LogP) is 14.5. The minimum atomic E-state index is -4.77. The summed E-state index contributed by atoms with van der Waals surface area (Å²) in [6.45, 7) is 3.62. The van der Waals surface area contributed by atoms with Crippen LogP contribution in [0.1, 0.15) is 213 Å². The van der Waals surface area contributed by atoms with Gasteiger partial charge in [-0.1, -0.05) is 209 Å². The van der Waals surface area contributed by atoms with Gasteiger partial charge in [-0.3, -0.25) is 14.1 Å². The molecule has 0 aliphatic heterocycles. The zero-order chi connectivity index (χ0) is 41.8. The van der Waals surface area contributed by atoms with E-state index in [2.05, 4.69) is 67.0 Å². The first-order valence-corrected chi connectivity index (χ1v) is 24.6. The lowest BCUT2D eigenvalue weighted by Gasteiger charge is -2.18. The Hall–Kier alpha value is -2.25. The van der Waals surface area contributed by atoms with Crippen molar-refractivity contribution in [3.63, 3.8) is 0 Å². The van der Waals surface area contributed by atoms with E-state index in [0.29, 0.717) is 12.8 Å². The van der Waals surface area contributed by atoms with E-state index in [-0.39, 0.29) is 19.4 Å². The van der Waals surface area contributed by atoms with E-state index in [1.54, 1.807) is 0 Å². The van der Waals surface area contributed by atoms with E-state index in [0.717, 1.165) is 44.9 Å². The molecule has 0 heterocycles. The van der Waals surface area contributed by atoms with Crippen LogP contribution in [-0.2, 0) is 28.2 Å². The van der Waals surface area contributed by atoms with Crippen molar-refractivity contribution < 1.29 is 37.9 Å². The number of phosphoric acid groups is 1. The number of ether oxygens (including phenoxy) is 2. The van der Waals surface area contributed by atoms with Crippen LogP contribution < -0.4 is 0 Å². The van der Waals surface area contributed by atoms with E-state index >= 15 is 0 Å². The molecule has 0 aromatic heterocycles. The average Bonchev–Trinajstić information content (AvgIpc) is 3.18. The maximum absolute atomic E-state index is 12.4. The molecular formula is C48H85O8P. The molecule has 0 aliphatic carbocycles. The SMILES string of the molecule is CCCCC/C=C/C/C=C/C/C=C/C/C=C/C/C=C/CCC(=O)OC[C@H](COP(=O)(O)O)OC(=O)CCCCCCCCCCCCCCCCCCCCCC. The molecule has 0 fully saturated rings.